The van der Waals surface area contributed by atoms with Crippen LogP contribution in [0.4, 0.5) is 0 Å². The summed E-state index contributed by atoms with van der Waals surface area (Å²) in [5.41, 5.74) is 0.721. The van der Waals surface area contributed by atoms with Crippen molar-refractivity contribution in [2.45, 2.75) is 26.3 Å². The Labute approximate surface area is 102 Å². The summed E-state index contributed by atoms with van der Waals surface area (Å²) in [6.45, 7) is 5.99. The molecule has 0 atom stereocenters. The molecule has 1 aromatic rings. The summed E-state index contributed by atoms with van der Waals surface area (Å²) in [6.07, 6.45) is 0. The monoisotopic (exact) mass is 237 g/mol. The zero-order chi connectivity index (χ0) is 13.1. The molecule has 4 nitrogen and oxygen atoms in total. The number of carbonyl (C=O) groups is 1. The van der Waals surface area contributed by atoms with Crippen molar-refractivity contribution < 1.29 is 14.6 Å². The van der Waals surface area contributed by atoms with Crippen LogP contribution in [0.5, 0.6) is 5.75 Å². The van der Waals surface area contributed by atoms with Gasteiger partial charge in [-0.2, -0.15) is 0 Å². The Kier molecular flexibility index (Phi) is 4.12. The Morgan fingerprint density at radius 1 is 1.47 bits per heavy atom. The lowest BCUT2D eigenvalue weighted by Gasteiger charge is -2.25. The highest BCUT2D eigenvalue weighted by molar-refractivity contribution is 5.97. The normalized spacial score (nSPS) is 11.3. The van der Waals surface area contributed by atoms with E-state index in [4.69, 9.17) is 4.74 Å². The van der Waals surface area contributed by atoms with Crippen molar-refractivity contribution in [1.82, 2.24) is 5.32 Å². The molecule has 4 heteroatoms. The lowest BCUT2D eigenvalue weighted by molar-refractivity contribution is 0.0817. The van der Waals surface area contributed by atoms with Gasteiger partial charge in [-0.3, -0.25) is 4.79 Å². The fourth-order valence-electron chi connectivity index (χ4n) is 1.61. The van der Waals surface area contributed by atoms with Gasteiger partial charge in [0.25, 0.3) is 5.91 Å². The first-order chi connectivity index (χ1) is 7.85. The number of nitrogens with one attached hydrogen (secondary N) is 1. The van der Waals surface area contributed by atoms with Crippen molar-refractivity contribution in [3.63, 3.8) is 0 Å². The van der Waals surface area contributed by atoms with Crippen molar-refractivity contribution in [3.8, 4) is 5.75 Å². The molecule has 17 heavy (non-hydrogen) atoms. The standard InChI is InChI=1S/C13H19NO3/c1-9-5-6-10(11(15)7-9)12(16)14-13(2,3)8-17-4/h5-7,15H,8H2,1-4H3,(H,14,16). The molecule has 94 valence electrons. The molecule has 2 N–H and O–H groups in total. The minimum absolute atomic E-state index is 0.00397. The molecule has 0 saturated carbocycles. The number of ether oxygens (including phenoxy) is 1. The molecule has 0 saturated heterocycles. The number of phenolic OH excluding ortho intramolecular Hbond substituents is 1. The maximum Gasteiger partial charge on any atom is 0.255 e. The van der Waals surface area contributed by atoms with Gasteiger partial charge < -0.3 is 15.2 Å². The first-order valence-electron chi connectivity index (χ1n) is 5.47. The van der Waals surface area contributed by atoms with Crippen molar-refractivity contribution in [3.05, 3.63) is 29.3 Å². The minimum atomic E-state index is -0.469. The Morgan fingerprint density at radius 2 is 2.12 bits per heavy atom. The summed E-state index contributed by atoms with van der Waals surface area (Å²) in [6, 6.07) is 4.97. The molecular weight excluding hydrogens is 218 g/mol. The second-order valence-corrected chi connectivity index (χ2v) is 4.79. The van der Waals surface area contributed by atoms with Crippen molar-refractivity contribution in [1.29, 1.82) is 0 Å². The van der Waals surface area contributed by atoms with Crippen LogP contribution >= 0.6 is 0 Å². The predicted molar refractivity (Wildman–Crippen MR) is 66.3 cm³/mol. The van der Waals surface area contributed by atoms with Crippen LogP contribution < -0.4 is 5.32 Å². The Hall–Kier alpha value is -1.55. The Morgan fingerprint density at radius 3 is 2.65 bits per heavy atom. The van der Waals surface area contributed by atoms with Gasteiger partial charge in [0.15, 0.2) is 0 Å². The first kappa shape index (κ1) is 13.5. The number of rotatable bonds is 4. The highest BCUT2D eigenvalue weighted by atomic mass is 16.5. The van der Waals surface area contributed by atoms with Crippen molar-refractivity contribution in [2.75, 3.05) is 13.7 Å². The molecule has 0 heterocycles. The number of aryl methyl sites for hydroxylation is 1. The van der Waals surface area contributed by atoms with Crippen molar-refractivity contribution in [2.24, 2.45) is 0 Å². The smallest absolute Gasteiger partial charge is 0.255 e. The highest BCUT2D eigenvalue weighted by Gasteiger charge is 2.22. The molecule has 0 aliphatic rings. The molecule has 0 aliphatic carbocycles. The molecule has 0 radical (unpaired) electrons. The number of aromatic hydroxyl groups is 1. The maximum absolute atomic E-state index is 11.9. The van der Waals surface area contributed by atoms with Gasteiger partial charge in [0.1, 0.15) is 5.75 Å². The number of hydrogen-bond acceptors (Lipinski definition) is 3. The zero-order valence-electron chi connectivity index (χ0n) is 10.7. The second kappa shape index (κ2) is 5.19. The van der Waals surface area contributed by atoms with Crippen LogP contribution in [0.15, 0.2) is 18.2 Å². The van der Waals surface area contributed by atoms with Crippen LogP contribution in [-0.4, -0.2) is 30.3 Å². The SMILES string of the molecule is COCC(C)(C)NC(=O)c1ccc(C)cc1O. The summed E-state index contributed by atoms with van der Waals surface area (Å²) in [5.74, 6) is -0.305. The van der Waals surface area contributed by atoms with Gasteiger partial charge in [0.05, 0.1) is 17.7 Å². The van der Waals surface area contributed by atoms with Crippen LogP contribution in [0.3, 0.4) is 0 Å². The molecule has 0 fully saturated rings. The van der Waals surface area contributed by atoms with Crippen molar-refractivity contribution >= 4 is 5.91 Å². The summed E-state index contributed by atoms with van der Waals surface area (Å²) >= 11 is 0. The summed E-state index contributed by atoms with van der Waals surface area (Å²) < 4.78 is 5.02. The lowest BCUT2D eigenvalue weighted by atomic mass is 10.0. The molecule has 0 unspecified atom stereocenters. The molecule has 1 aromatic carbocycles. The summed E-state index contributed by atoms with van der Waals surface area (Å²) in [5, 5.41) is 12.5. The summed E-state index contributed by atoms with van der Waals surface area (Å²) in [7, 11) is 1.58. The maximum atomic E-state index is 11.9. The third-order valence-corrected chi connectivity index (χ3v) is 2.35. The average Bonchev–Trinajstić information content (AvgIpc) is 2.15. The number of benzene rings is 1. The minimum Gasteiger partial charge on any atom is -0.507 e. The van der Waals surface area contributed by atoms with E-state index in [0.29, 0.717) is 6.61 Å². The quantitative estimate of drug-likeness (QED) is 0.840. The molecular formula is C13H19NO3. The summed E-state index contributed by atoms with van der Waals surface area (Å²) in [4.78, 5) is 11.9. The van der Waals surface area contributed by atoms with E-state index in [1.165, 1.54) is 0 Å². The number of carbonyl (C=O) groups excluding carboxylic acids is 1. The molecule has 0 aliphatic heterocycles. The lowest BCUT2D eigenvalue weighted by Crippen LogP contribution is -2.46. The third-order valence-electron chi connectivity index (χ3n) is 2.35. The predicted octanol–water partition coefficient (Wildman–Crippen LogP) is 1.86. The van der Waals surface area contributed by atoms with Gasteiger partial charge in [0, 0.05) is 7.11 Å². The molecule has 0 spiro atoms. The highest BCUT2D eigenvalue weighted by Crippen LogP contribution is 2.19. The molecule has 0 aromatic heterocycles. The third kappa shape index (κ3) is 3.75. The largest absolute Gasteiger partial charge is 0.507 e. The van der Waals surface area contributed by atoms with Gasteiger partial charge in [-0.1, -0.05) is 6.07 Å². The average molecular weight is 237 g/mol. The topological polar surface area (TPSA) is 58.6 Å². The fraction of sp³-hybridized carbons (Fsp3) is 0.462. The van der Waals surface area contributed by atoms with E-state index in [9.17, 15) is 9.90 Å². The van der Waals surface area contributed by atoms with E-state index in [0.717, 1.165) is 5.56 Å². The van der Waals surface area contributed by atoms with E-state index >= 15 is 0 Å². The van der Waals surface area contributed by atoms with E-state index < -0.39 is 5.54 Å². The van der Waals surface area contributed by atoms with Crippen LogP contribution in [0.1, 0.15) is 29.8 Å². The van der Waals surface area contributed by atoms with Gasteiger partial charge in [-0.05, 0) is 38.5 Å². The van der Waals surface area contributed by atoms with Crippen LogP contribution in [0.2, 0.25) is 0 Å². The second-order valence-electron chi connectivity index (χ2n) is 4.79. The molecule has 1 amide bonds. The van der Waals surface area contributed by atoms with Gasteiger partial charge in [0.2, 0.25) is 0 Å². The van der Waals surface area contributed by atoms with Gasteiger partial charge in [-0.15, -0.1) is 0 Å². The van der Waals surface area contributed by atoms with Crippen LogP contribution in [0.25, 0.3) is 0 Å². The van der Waals surface area contributed by atoms with Crippen LogP contribution in [-0.2, 0) is 4.74 Å². The first-order valence-corrected chi connectivity index (χ1v) is 5.47. The molecule has 1 rings (SSSR count). The van der Waals surface area contributed by atoms with E-state index in [1.807, 2.05) is 20.8 Å². The zero-order valence-corrected chi connectivity index (χ0v) is 10.7. The van der Waals surface area contributed by atoms with E-state index in [2.05, 4.69) is 5.32 Å². The van der Waals surface area contributed by atoms with Gasteiger partial charge in [-0.25, -0.2) is 0 Å². The Bertz CT molecular complexity index is 413. The van der Waals surface area contributed by atoms with E-state index in [1.54, 1.807) is 25.3 Å². The number of amides is 1. The number of methoxy groups -OCH3 is 1. The van der Waals surface area contributed by atoms with E-state index in [-0.39, 0.29) is 17.2 Å². The Balaban J connectivity index is 2.83. The van der Waals surface area contributed by atoms with Crippen LogP contribution in [0, 0.1) is 6.92 Å². The number of phenols is 1. The fourth-order valence-corrected chi connectivity index (χ4v) is 1.61. The van der Waals surface area contributed by atoms with Gasteiger partial charge >= 0.3 is 0 Å². The number of hydrogen-bond donors (Lipinski definition) is 2. The molecule has 0 bridgehead atoms.